The minimum Gasteiger partial charge on any atom is -0.0794 e. The summed E-state index contributed by atoms with van der Waals surface area (Å²) in [5.41, 5.74) is 5.11. The van der Waals surface area contributed by atoms with Crippen LogP contribution >= 0.6 is 0 Å². The number of allylic oxidation sites excluding steroid dienone is 1. The smallest absolute Gasteiger partial charge is 0.0548 e. The van der Waals surface area contributed by atoms with E-state index in [1.807, 2.05) is 0 Å². The molecule has 1 aromatic rings. The summed E-state index contributed by atoms with van der Waals surface area (Å²) >= 11 is 0. The molecule has 1 unspecified atom stereocenters. The predicted octanol–water partition coefficient (Wildman–Crippen LogP) is 3.02. The number of hydrogen-bond donors (Lipinski definition) is 0. The first kappa shape index (κ1) is 12.2. The van der Waals surface area contributed by atoms with Gasteiger partial charge in [-0.05, 0) is 23.6 Å². The Morgan fingerprint density at radius 1 is 1.21 bits per heavy atom. The molecule has 0 fully saturated rings. The van der Waals surface area contributed by atoms with Crippen molar-refractivity contribution in [3.05, 3.63) is 41.0 Å². The summed E-state index contributed by atoms with van der Waals surface area (Å²) in [6.07, 6.45) is 4.65. The van der Waals surface area contributed by atoms with Crippen molar-refractivity contribution in [3.63, 3.8) is 0 Å². The molecule has 0 N–H and O–H groups in total. The summed E-state index contributed by atoms with van der Waals surface area (Å²) in [7, 11) is -0.227. The Hall–Kier alpha value is 0.177. The summed E-state index contributed by atoms with van der Waals surface area (Å²) in [5.74, 6) is 0. The van der Waals surface area contributed by atoms with Gasteiger partial charge in [-0.3, -0.25) is 0 Å². The van der Waals surface area contributed by atoms with Crippen molar-refractivity contribution in [2.24, 2.45) is 0 Å². The molecule has 2 heteroatoms. The molecule has 2 radical (unpaired) electrons. The molecule has 2 rings (SSSR count). The molecule has 0 saturated carbocycles. The number of aryl methyl sites for hydroxylation is 1. The second kappa shape index (κ2) is 4.80. The Kier molecular flexibility index (Phi) is 4.20. The fraction of sp³-hybridized carbons (Fsp3) is 0.333. The van der Waals surface area contributed by atoms with E-state index in [0.29, 0.717) is 0 Å². The van der Waals surface area contributed by atoms with Gasteiger partial charge in [0.2, 0.25) is 0 Å². The molecule has 0 heterocycles. The second-order valence-electron chi connectivity index (χ2n) is 4.05. The summed E-state index contributed by atoms with van der Waals surface area (Å²) in [6.45, 7) is 6.95. The van der Waals surface area contributed by atoms with Crippen LogP contribution in [0.2, 0.25) is 13.1 Å². The average molecular weight is 210 g/mol. The summed E-state index contributed by atoms with van der Waals surface area (Å²) in [6, 6.07) is 6.78. The van der Waals surface area contributed by atoms with Crippen molar-refractivity contribution in [1.29, 1.82) is 0 Å². The van der Waals surface area contributed by atoms with E-state index in [4.69, 9.17) is 0 Å². The summed E-state index contributed by atoms with van der Waals surface area (Å²) in [5, 5.41) is 0. The van der Waals surface area contributed by atoms with E-state index in [0.717, 1.165) is 5.54 Å². The third-order valence-corrected chi connectivity index (χ3v) is 4.42. The van der Waals surface area contributed by atoms with Crippen LogP contribution in [0.4, 0.5) is 0 Å². The first-order valence-corrected chi connectivity index (χ1v) is 7.35. The van der Waals surface area contributed by atoms with Crippen molar-refractivity contribution in [2.45, 2.75) is 25.6 Å². The van der Waals surface area contributed by atoms with Gasteiger partial charge in [-0.15, -0.1) is 0 Å². The van der Waals surface area contributed by atoms with E-state index in [1.54, 1.807) is 5.56 Å². The second-order valence-corrected chi connectivity index (χ2v) is 6.82. The van der Waals surface area contributed by atoms with Crippen LogP contribution in [-0.4, -0.2) is 38.4 Å². The SMILES string of the molecule is Cc1ccc2c(c1)C([Si](C)C)C=C2.[Na]. The molecule has 0 aliphatic heterocycles. The van der Waals surface area contributed by atoms with E-state index in [9.17, 15) is 0 Å². The monoisotopic (exact) mass is 210 g/mol. The van der Waals surface area contributed by atoms with Crippen molar-refractivity contribution < 1.29 is 0 Å². The zero-order valence-corrected chi connectivity index (χ0v) is 12.5. The zero-order valence-electron chi connectivity index (χ0n) is 9.46. The Morgan fingerprint density at radius 3 is 2.57 bits per heavy atom. The van der Waals surface area contributed by atoms with E-state index in [-0.39, 0.29) is 38.4 Å². The van der Waals surface area contributed by atoms with Gasteiger partial charge in [0, 0.05) is 29.6 Å². The molecule has 0 saturated heterocycles. The molecular weight excluding hydrogens is 195 g/mol. The van der Waals surface area contributed by atoms with E-state index < -0.39 is 0 Å². The minimum atomic E-state index is -0.227. The Morgan fingerprint density at radius 2 is 1.93 bits per heavy atom. The van der Waals surface area contributed by atoms with Gasteiger partial charge in [-0.25, -0.2) is 0 Å². The van der Waals surface area contributed by atoms with Crippen molar-refractivity contribution in [2.75, 3.05) is 0 Å². The topological polar surface area (TPSA) is 0 Å². The molecule has 0 aromatic heterocycles. The van der Waals surface area contributed by atoms with Gasteiger partial charge in [-0.1, -0.05) is 49.0 Å². The summed E-state index contributed by atoms with van der Waals surface area (Å²) in [4.78, 5) is 0. The molecule has 0 bridgehead atoms. The van der Waals surface area contributed by atoms with Crippen LogP contribution in [0.1, 0.15) is 22.2 Å². The molecular formula is C12H15NaSi. The minimum absolute atomic E-state index is 0. The van der Waals surface area contributed by atoms with Crippen molar-refractivity contribution in [3.8, 4) is 0 Å². The van der Waals surface area contributed by atoms with E-state index in [2.05, 4.69) is 50.4 Å². The molecule has 68 valence electrons. The first-order chi connectivity index (χ1) is 6.18. The molecule has 0 amide bonds. The Balaban J connectivity index is 0.000000980. The quantitative estimate of drug-likeness (QED) is 0.625. The van der Waals surface area contributed by atoms with E-state index in [1.165, 1.54) is 11.1 Å². The van der Waals surface area contributed by atoms with Gasteiger partial charge < -0.3 is 0 Å². The van der Waals surface area contributed by atoms with Gasteiger partial charge in [0.15, 0.2) is 0 Å². The van der Waals surface area contributed by atoms with Crippen molar-refractivity contribution in [1.82, 2.24) is 0 Å². The average Bonchev–Trinajstić information content (AvgIpc) is 2.46. The molecule has 1 aliphatic carbocycles. The molecule has 14 heavy (non-hydrogen) atoms. The number of rotatable bonds is 1. The standard InChI is InChI=1S/C12H15Si.Na/c1-9-4-5-10-6-7-12(13(2)3)11(10)8-9;/h4-8,12H,1-3H3;. The Labute approximate surface area is 110 Å². The molecule has 1 aromatic carbocycles. The zero-order chi connectivity index (χ0) is 9.42. The maximum Gasteiger partial charge on any atom is 0.0548 e. The fourth-order valence-corrected chi connectivity index (χ4v) is 3.28. The van der Waals surface area contributed by atoms with Crippen LogP contribution < -0.4 is 0 Å². The number of fused-ring (bicyclic) bond motifs is 1. The maximum atomic E-state index is 2.39. The molecule has 1 atom stereocenters. The Bertz CT molecular complexity index is 355. The van der Waals surface area contributed by atoms with Crippen LogP contribution in [0, 0.1) is 6.92 Å². The van der Waals surface area contributed by atoms with Crippen molar-refractivity contribution >= 4 is 44.4 Å². The van der Waals surface area contributed by atoms with Gasteiger partial charge in [0.1, 0.15) is 0 Å². The largest absolute Gasteiger partial charge is 0.0794 e. The third-order valence-electron chi connectivity index (χ3n) is 2.67. The third kappa shape index (κ3) is 2.22. The van der Waals surface area contributed by atoms with Crippen LogP contribution in [0.3, 0.4) is 0 Å². The molecule has 0 spiro atoms. The maximum absolute atomic E-state index is 2.39. The van der Waals surface area contributed by atoms with Gasteiger partial charge >= 0.3 is 0 Å². The van der Waals surface area contributed by atoms with Gasteiger partial charge in [-0.2, -0.15) is 0 Å². The predicted molar refractivity (Wildman–Crippen MR) is 66.2 cm³/mol. The number of hydrogen-bond acceptors (Lipinski definition) is 0. The molecule has 0 nitrogen and oxygen atoms in total. The number of benzene rings is 1. The van der Waals surface area contributed by atoms with E-state index >= 15 is 0 Å². The normalized spacial score (nSPS) is 18.1. The van der Waals surface area contributed by atoms with Gasteiger partial charge in [0.25, 0.3) is 0 Å². The van der Waals surface area contributed by atoms with Crippen LogP contribution in [0.25, 0.3) is 6.08 Å². The first-order valence-electron chi connectivity index (χ1n) is 4.77. The van der Waals surface area contributed by atoms with Crippen LogP contribution in [0.5, 0.6) is 0 Å². The molecule has 1 aliphatic rings. The summed E-state index contributed by atoms with van der Waals surface area (Å²) < 4.78 is 0. The van der Waals surface area contributed by atoms with Gasteiger partial charge in [0.05, 0.1) is 8.80 Å². The van der Waals surface area contributed by atoms with Crippen LogP contribution in [0.15, 0.2) is 24.3 Å². The van der Waals surface area contributed by atoms with Crippen LogP contribution in [-0.2, 0) is 0 Å². The fourth-order valence-electron chi connectivity index (χ4n) is 1.92.